The van der Waals surface area contributed by atoms with Crippen LogP contribution < -0.4 is 73.8 Å². The molecule has 0 spiro atoms. The van der Waals surface area contributed by atoms with Gasteiger partial charge in [0, 0.05) is 19.3 Å². The van der Waals surface area contributed by atoms with E-state index in [9.17, 15) is 0 Å². The minimum absolute atomic E-state index is 0. The van der Waals surface area contributed by atoms with Gasteiger partial charge in [-0.05, 0) is 39.8 Å². The number of quaternary nitrogens is 3. The van der Waals surface area contributed by atoms with Gasteiger partial charge in [-0.25, -0.2) is 0 Å². The van der Waals surface area contributed by atoms with Crippen molar-refractivity contribution in [3.05, 3.63) is 9.30 Å². The summed E-state index contributed by atoms with van der Waals surface area (Å²) >= 11 is 0. The third-order valence-corrected chi connectivity index (χ3v) is 18.5. The minimum Gasteiger partial charge on any atom is -0.668 e. The molecule has 0 heterocycles. The van der Waals surface area contributed by atoms with E-state index in [1.807, 2.05) is 0 Å². The van der Waals surface area contributed by atoms with E-state index >= 15 is 0 Å². The topological polar surface area (TPSA) is 44.8 Å². The van der Waals surface area contributed by atoms with Crippen molar-refractivity contribution in [2.75, 3.05) is 56.4 Å². The molecule has 0 bridgehead atoms. The first-order valence-corrected chi connectivity index (χ1v) is 31.0. The average Bonchev–Trinajstić information content (AvgIpc) is 2.75. The van der Waals surface area contributed by atoms with Gasteiger partial charge in [-0.1, -0.05) is 118 Å². The molecular formula is C32H83N6Na2Si4+3. The Morgan fingerprint density at radius 2 is 0.659 bits per heavy atom. The fourth-order valence-corrected chi connectivity index (χ4v) is 23.0. The summed E-state index contributed by atoms with van der Waals surface area (Å²) in [6.45, 7) is 27.6. The van der Waals surface area contributed by atoms with Gasteiger partial charge in [-0.15, -0.1) is 0 Å². The summed E-state index contributed by atoms with van der Waals surface area (Å²) in [4.78, 5) is 7.30. The number of hydrogen-bond acceptors (Lipinski definition) is 1. The van der Waals surface area contributed by atoms with Crippen molar-refractivity contribution in [3.8, 4) is 0 Å². The van der Waals surface area contributed by atoms with Crippen LogP contribution in [0.2, 0.25) is 78.6 Å². The molecule has 2 rings (SSSR count). The first-order chi connectivity index (χ1) is 18.7. The second-order valence-corrected chi connectivity index (χ2v) is 37.2. The maximum Gasteiger partial charge on any atom is 1.00 e. The van der Waals surface area contributed by atoms with Crippen LogP contribution >= 0.6 is 0 Å². The second-order valence-electron chi connectivity index (χ2n) is 18.1. The van der Waals surface area contributed by atoms with Crippen molar-refractivity contribution >= 4 is 32.9 Å². The normalized spacial score (nSPS) is 22.9. The summed E-state index contributed by atoms with van der Waals surface area (Å²) in [5, 5.41) is 0. The van der Waals surface area contributed by atoms with Crippen molar-refractivity contribution < 1.29 is 73.8 Å². The Kier molecular flexibility index (Phi) is 30.0. The van der Waals surface area contributed by atoms with Gasteiger partial charge in [0.2, 0.25) is 0 Å². The molecule has 6 nitrogen and oxygen atoms in total. The van der Waals surface area contributed by atoms with Crippen LogP contribution in [0.1, 0.15) is 51.4 Å². The van der Waals surface area contributed by atoms with Crippen LogP contribution in [0.15, 0.2) is 0 Å². The number of nitrogens with one attached hydrogen (secondary N) is 3. The predicted octanol–water partition coefficient (Wildman–Crippen LogP) is -1.34. The molecule has 4 atom stereocenters. The minimum atomic E-state index is -1.11. The second kappa shape index (κ2) is 24.7. The summed E-state index contributed by atoms with van der Waals surface area (Å²) in [6.07, 6.45) is 11.4. The van der Waals surface area contributed by atoms with Crippen LogP contribution in [0.25, 0.3) is 9.30 Å². The van der Waals surface area contributed by atoms with Gasteiger partial charge in [0.25, 0.3) is 0 Å². The molecule has 0 aromatic heterocycles. The average molecular weight is 710 g/mol. The Morgan fingerprint density at radius 3 is 0.818 bits per heavy atom. The first kappa shape index (κ1) is 53.4. The van der Waals surface area contributed by atoms with Crippen molar-refractivity contribution in [2.45, 2.75) is 154 Å². The Balaban J connectivity index is -0.000000241. The summed E-state index contributed by atoms with van der Waals surface area (Å²) in [7, 11) is 13.8. The van der Waals surface area contributed by atoms with Crippen molar-refractivity contribution in [2.24, 2.45) is 0 Å². The van der Waals surface area contributed by atoms with Gasteiger partial charge in [-0.3, -0.25) is 0 Å². The van der Waals surface area contributed by atoms with E-state index < -0.39 is 32.9 Å². The Hall–Kier alpha value is 2.63. The molecule has 0 amide bonds. The zero-order chi connectivity index (χ0) is 33.7. The molecule has 256 valence electrons. The summed E-state index contributed by atoms with van der Waals surface area (Å²) < 4.78 is 9.64. The predicted molar refractivity (Wildman–Crippen MR) is 204 cm³/mol. The molecule has 3 N–H and O–H groups in total. The zero-order valence-electron chi connectivity index (χ0n) is 34.8. The summed E-state index contributed by atoms with van der Waals surface area (Å²) in [6, 6.07) is 3.45. The molecule has 2 aliphatic carbocycles. The fraction of sp³-hybridized carbons (Fsp3) is 1.00. The van der Waals surface area contributed by atoms with Gasteiger partial charge in [0.1, 0.15) is 18.1 Å². The first-order valence-electron chi connectivity index (χ1n) is 17.2. The van der Waals surface area contributed by atoms with Crippen molar-refractivity contribution in [1.82, 2.24) is 4.90 Å². The summed E-state index contributed by atoms with van der Waals surface area (Å²) in [5.74, 6) is 0. The molecule has 0 radical (unpaired) electrons. The number of hydrogen-bond donors (Lipinski definition) is 3. The molecule has 0 aromatic carbocycles. The number of rotatable bonds is 8. The van der Waals surface area contributed by atoms with E-state index in [-0.39, 0.29) is 59.1 Å². The van der Waals surface area contributed by atoms with Crippen LogP contribution in [-0.4, -0.2) is 118 Å². The van der Waals surface area contributed by atoms with Crippen LogP contribution in [0.4, 0.5) is 0 Å². The van der Waals surface area contributed by atoms with Gasteiger partial charge >= 0.3 is 59.1 Å². The van der Waals surface area contributed by atoms with E-state index in [2.05, 4.69) is 140 Å². The van der Waals surface area contributed by atoms with Crippen molar-refractivity contribution in [1.29, 1.82) is 0 Å². The number of likely N-dealkylation sites (N-methyl/N-ethyl adjacent to an activating group) is 4. The molecule has 2 saturated carbocycles. The third-order valence-electron chi connectivity index (χ3n) is 7.73. The van der Waals surface area contributed by atoms with Crippen LogP contribution in [0.3, 0.4) is 0 Å². The molecular weight excluding hydrogens is 627 g/mol. The Labute approximate surface area is 328 Å². The van der Waals surface area contributed by atoms with Crippen LogP contribution in [0, 0.1) is 0 Å². The van der Waals surface area contributed by atoms with E-state index in [0.29, 0.717) is 0 Å². The van der Waals surface area contributed by atoms with Crippen molar-refractivity contribution in [3.63, 3.8) is 0 Å². The molecule has 2 aliphatic rings. The monoisotopic (exact) mass is 710 g/mol. The van der Waals surface area contributed by atoms with Gasteiger partial charge in [0.05, 0.1) is 48.3 Å². The Morgan fingerprint density at radius 1 is 0.432 bits per heavy atom. The van der Waals surface area contributed by atoms with E-state index in [4.69, 9.17) is 9.30 Å². The maximum atomic E-state index is 4.82. The molecule has 12 heteroatoms. The van der Waals surface area contributed by atoms with E-state index in [1.54, 1.807) is 14.7 Å². The molecule has 0 unspecified atom stereocenters. The van der Waals surface area contributed by atoms with Gasteiger partial charge < -0.3 is 28.9 Å². The quantitative estimate of drug-likeness (QED) is 0.269. The number of nitrogens with zero attached hydrogens (tertiary/aromatic N) is 3. The summed E-state index contributed by atoms with van der Waals surface area (Å²) in [5.41, 5.74) is 0. The molecule has 0 aromatic rings. The smallest absolute Gasteiger partial charge is 0.668 e. The molecule has 2 fully saturated rings. The maximum absolute atomic E-state index is 4.82. The van der Waals surface area contributed by atoms with E-state index in [0.717, 1.165) is 24.2 Å². The van der Waals surface area contributed by atoms with Crippen LogP contribution in [0.5, 0.6) is 0 Å². The fourth-order valence-electron chi connectivity index (χ4n) is 6.93. The van der Waals surface area contributed by atoms with Gasteiger partial charge in [-0.2, -0.15) is 0 Å². The standard InChI is InChI=1S/2C10H22N2.2C6H18NSi2.2Na/c2*1-11(2)9-7-5-6-8-10(9)12(3)4;2*1-8(2,3)7-9(4,5)6;;/h2*9-10H,5-8H2,1-4H3;2*1-6H3;;/q;;2*-1;2*+1/p+3/t2*9-,10-;;;;/m11..../s1. The molecule has 0 aliphatic heterocycles. The van der Waals surface area contributed by atoms with Gasteiger partial charge in [0.15, 0.2) is 0 Å². The zero-order valence-corrected chi connectivity index (χ0v) is 42.8. The molecule has 0 saturated heterocycles. The van der Waals surface area contributed by atoms with E-state index in [1.165, 1.54) is 51.4 Å². The van der Waals surface area contributed by atoms with Crippen LogP contribution in [-0.2, 0) is 0 Å². The largest absolute Gasteiger partial charge is 1.00 e. The molecule has 44 heavy (non-hydrogen) atoms. The SMILES string of the molecule is CN(C)[C@@H]1CCCC[C@H]1[NH+](C)C.C[NH+](C)[C@@H]1CCCC[C@H]1[NH+](C)C.C[Si](C)(C)[N-][Si](C)(C)C.C[Si](C)(C)[N-][Si](C)(C)C.[Na+].[Na+]. The Bertz CT molecular complexity index is 574. The third kappa shape index (κ3) is 30.7.